The summed E-state index contributed by atoms with van der Waals surface area (Å²) in [6.45, 7) is 9.76. The van der Waals surface area contributed by atoms with Crippen molar-refractivity contribution in [3.63, 3.8) is 0 Å². The van der Waals surface area contributed by atoms with E-state index in [-0.39, 0.29) is 12.1 Å². The maximum Gasteiger partial charge on any atom is 0.410 e. The maximum atomic E-state index is 13.0. The van der Waals surface area contributed by atoms with Crippen LogP contribution in [-0.4, -0.2) is 34.6 Å². The van der Waals surface area contributed by atoms with Gasteiger partial charge in [0, 0.05) is 30.4 Å². The second-order valence-electron chi connectivity index (χ2n) is 8.26. The van der Waals surface area contributed by atoms with Gasteiger partial charge in [-0.05, 0) is 58.6 Å². The van der Waals surface area contributed by atoms with E-state index in [2.05, 4.69) is 38.7 Å². The van der Waals surface area contributed by atoms with E-state index in [0.29, 0.717) is 18.7 Å². The van der Waals surface area contributed by atoms with E-state index in [0.717, 1.165) is 42.8 Å². The predicted octanol–water partition coefficient (Wildman–Crippen LogP) is 5.57. The van der Waals surface area contributed by atoms with E-state index in [1.165, 1.54) is 0 Å². The molecule has 2 aromatic rings. The maximum absolute atomic E-state index is 13.0. The summed E-state index contributed by atoms with van der Waals surface area (Å²) < 4.78 is 5.67. The first-order valence-corrected chi connectivity index (χ1v) is 10.7. The summed E-state index contributed by atoms with van der Waals surface area (Å²) in [6, 6.07) is 14.6. The number of benzene rings is 1. The minimum absolute atomic E-state index is 0.00396. The van der Waals surface area contributed by atoms with Gasteiger partial charge in [0.1, 0.15) is 12.4 Å². The van der Waals surface area contributed by atoms with E-state index in [1.54, 1.807) is 0 Å². The van der Waals surface area contributed by atoms with E-state index >= 15 is 0 Å². The molecule has 0 spiro atoms. The number of aromatic nitrogens is 1. The van der Waals surface area contributed by atoms with Crippen molar-refractivity contribution in [3.05, 3.63) is 59.8 Å². The van der Waals surface area contributed by atoms with Crippen LogP contribution in [0.1, 0.15) is 64.1 Å². The van der Waals surface area contributed by atoms with Gasteiger partial charge in [0.15, 0.2) is 0 Å². The first-order chi connectivity index (χ1) is 14.0. The minimum Gasteiger partial charge on any atom is -0.445 e. The first kappa shape index (κ1) is 21.2. The van der Waals surface area contributed by atoms with Crippen LogP contribution in [0, 0.1) is 0 Å². The Morgan fingerprint density at radius 2 is 1.83 bits per heavy atom. The molecular weight excluding hydrogens is 362 g/mol. The normalized spacial score (nSPS) is 16.9. The zero-order valence-corrected chi connectivity index (χ0v) is 18.0. The molecule has 1 aromatic heterocycles. The molecule has 5 heteroatoms. The zero-order valence-electron chi connectivity index (χ0n) is 18.0. The summed E-state index contributed by atoms with van der Waals surface area (Å²) in [7, 11) is 0. The number of hydrogen-bond donors (Lipinski definition) is 0. The van der Waals surface area contributed by atoms with Gasteiger partial charge < -0.3 is 14.5 Å². The Morgan fingerprint density at radius 3 is 2.52 bits per heavy atom. The Morgan fingerprint density at radius 1 is 1.10 bits per heavy atom. The second-order valence-corrected chi connectivity index (χ2v) is 8.26. The highest BCUT2D eigenvalue weighted by atomic mass is 16.6. The number of nitrogens with zero attached hydrogens (tertiary/aromatic N) is 3. The minimum atomic E-state index is -0.242. The molecule has 1 atom stereocenters. The number of carbonyl (C=O) groups excluding carboxylic acids is 1. The number of amides is 1. The average Bonchev–Trinajstić information content (AvgIpc) is 2.73. The smallest absolute Gasteiger partial charge is 0.410 e. The van der Waals surface area contributed by atoms with Crippen LogP contribution in [-0.2, 0) is 11.3 Å². The lowest BCUT2D eigenvalue weighted by atomic mass is 9.95. The quantitative estimate of drug-likeness (QED) is 0.641. The third kappa shape index (κ3) is 5.08. The van der Waals surface area contributed by atoms with Crippen LogP contribution in [0.2, 0.25) is 0 Å². The molecule has 0 unspecified atom stereocenters. The number of anilines is 1. The zero-order chi connectivity index (χ0) is 20.8. The molecule has 29 heavy (non-hydrogen) atoms. The molecule has 0 aliphatic carbocycles. The van der Waals surface area contributed by atoms with Gasteiger partial charge in [0.25, 0.3) is 0 Å². The van der Waals surface area contributed by atoms with Crippen LogP contribution < -0.4 is 4.90 Å². The van der Waals surface area contributed by atoms with E-state index < -0.39 is 0 Å². The molecule has 5 nitrogen and oxygen atoms in total. The largest absolute Gasteiger partial charge is 0.445 e. The third-order valence-electron chi connectivity index (χ3n) is 5.48. The first-order valence-electron chi connectivity index (χ1n) is 10.7. The molecule has 1 aromatic carbocycles. The van der Waals surface area contributed by atoms with Crippen molar-refractivity contribution in [1.29, 1.82) is 0 Å². The average molecular weight is 396 g/mol. The third-order valence-corrected chi connectivity index (χ3v) is 5.48. The van der Waals surface area contributed by atoms with Crippen LogP contribution in [0.5, 0.6) is 0 Å². The topological polar surface area (TPSA) is 45.7 Å². The van der Waals surface area contributed by atoms with Gasteiger partial charge in [0.05, 0.1) is 6.04 Å². The molecule has 1 fully saturated rings. The highest BCUT2D eigenvalue weighted by Crippen LogP contribution is 2.37. The monoisotopic (exact) mass is 395 g/mol. The van der Waals surface area contributed by atoms with Crippen LogP contribution in [0.25, 0.3) is 0 Å². The highest BCUT2D eigenvalue weighted by Gasteiger charge is 2.32. The molecule has 0 radical (unpaired) electrons. The number of piperidine rings is 1. The Hall–Kier alpha value is -2.56. The number of pyridine rings is 1. The fourth-order valence-corrected chi connectivity index (χ4v) is 4.25. The molecule has 2 heterocycles. The summed E-state index contributed by atoms with van der Waals surface area (Å²) in [6.07, 6.45) is 4.64. The van der Waals surface area contributed by atoms with E-state index in [4.69, 9.17) is 9.72 Å². The molecule has 1 saturated heterocycles. The van der Waals surface area contributed by atoms with E-state index in [9.17, 15) is 4.79 Å². The van der Waals surface area contributed by atoms with Crippen molar-refractivity contribution in [3.8, 4) is 0 Å². The van der Waals surface area contributed by atoms with Crippen LogP contribution >= 0.6 is 0 Å². The van der Waals surface area contributed by atoms with Crippen molar-refractivity contribution in [2.45, 2.75) is 71.7 Å². The van der Waals surface area contributed by atoms with Gasteiger partial charge in [-0.3, -0.25) is 0 Å². The summed E-state index contributed by atoms with van der Waals surface area (Å²) in [4.78, 5) is 21.9. The summed E-state index contributed by atoms with van der Waals surface area (Å²) in [5.74, 6) is 0.977. The molecule has 156 valence electrons. The van der Waals surface area contributed by atoms with Crippen molar-refractivity contribution < 1.29 is 9.53 Å². The molecule has 0 N–H and O–H groups in total. The summed E-state index contributed by atoms with van der Waals surface area (Å²) in [5, 5.41) is 0. The van der Waals surface area contributed by atoms with E-state index in [1.807, 2.05) is 47.5 Å². The molecule has 1 amide bonds. The van der Waals surface area contributed by atoms with Gasteiger partial charge in [-0.25, -0.2) is 9.78 Å². The molecule has 0 saturated carbocycles. The summed E-state index contributed by atoms with van der Waals surface area (Å²) >= 11 is 0. The number of hydrogen-bond acceptors (Lipinski definition) is 4. The SMILES string of the molecule is CC(C)N(c1ncccc1[C@H]1CCCCN1C(=O)OCc1ccccc1)C(C)C. The Balaban J connectivity index is 1.83. The Kier molecular flexibility index (Phi) is 7.13. The number of ether oxygens (including phenoxy) is 1. The van der Waals surface area contributed by atoms with Gasteiger partial charge in [0.2, 0.25) is 0 Å². The lowest BCUT2D eigenvalue weighted by Crippen LogP contribution is -2.42. The van der Waals surface area contributed by atoms with Crippen molar-refractivity contribution in [1.82, 2.24) is 9.88 Å². The van der Waals surface area contributed by atoms with Crippen LogP contribution in [0.4, 0.5) is 10.6 Å². The number of likely N-dealkylation sites (tertiary alicyclic amines) is 1. The molecule has 1 aliphatic heterocycles. The van der Waals surface area contributed by atoms with Gasteiger partial charge in [-0.1, -0.05) is 36.4 Å². The van der Waals surface area contributed by atoms with Crippen molar-refractivity contribution in [2.24, 2.45) is 0 Å². The molecule has 0 bridgehead atoms. The van der Waals surface area contributed by atoms with Crippen molar-refractivity contribution in [2.75, 3.05) is 11.4 Å². The molecule has 3 rings (SSSR count). The number of rotatable bonds is 6. The fraction of sp³-hybridized carbons (Fsp3) is 0.500. The number of carbonyl (C=O) groups is 1. The lowest BCUT2D eigenvalue weighted by molar-refractivity contribution is 0.0679. The molecule has 1 aliphatic rings. The van der Waals surface area contributed by atoms with Gasteiger partial charge in [-0.15, -0.1) is 0 Å². The molecular formula is C24H33N3O2. The van der Waals surface area contributed by atoms with Crippen LogP contribution in [0.3, 0.4) is 0 Å². The highest BCUT2D eigenvalue weighted by molar-refractivity contribution is 5.69. The van der Waals surface area contributed by atoms with Gasteiger partial charge >= 0.3 is 6.09 Å². The fourth-order valence-electron chi connectivity index (χ4n) is 4.25. The second kappa shape index (κ2) is 9.77. The van der Waals surface area contributed by atoms with Crippen molar-refractivity contribution >= 4 is 11.9 Å². The van der Waals surface area contributed by atoms with Crippen LogP contribution in [0.15, 0.2) is 48.7 Å². The lowest BCUT2D eigenvalue weighted by Gasteiger charge is -2.39. The standard InChI is InChI=1S/C24H33N3O2/c1-18(2)27(19(3)4)23-21(13-10-15-25-23)22-14-8-9-16-26(22)24(28)29-17-20-11-6-5-7-12-20/h5-7,10-13,15,18-19,22H,8-9,14,16-17H2,1-4H3/t22-/m1/s1. The summed E-state index contributed by atoms with van der Waals surface area (Å²) in [5.41, 5.74) is 2.12. The Bertz CT molecular complexity index is 784. The Labute approximate surface area is 174 Å². The predicted molar refractivity (Wildman–Crippen MR) is 117 cm³/mol. The van der Waals surface area contributed by atoms with Gasteiger partial charge in [-0.2, -0.15) is 0 Å².